The lowest BCUT2D eigenvalue weighted by Crippen LogP contribution is -1.94. The van der Waals surface area contributed by atoms with Crippen LogP contribution in [0.2, 0.25) is 20.1 Å². The van der Waals surface area contributed by atoms with Crippen LogP contribution in [0.4, 0.5) is 5.69 Å². The molecule has 0 saturated carbocycles. The Bertz CT molecular complexity index is 691. The second-order valence-corrected chi connectivity index (χ2v) is 5.27. The first-order valence-electron chi connectivity index (χ1n) is 5.15. The summed E-state index contributed by atoms with van der Waals surface area (Å²) in [6, 6.07) is 6.93. The number of para-hydroxylation sites is 1. The van der Waals surface area contributed by atoms with Gasteiger partial charge in [0.25, 0.3) is 0 Å². The maximum Gasteiger partial charge on any atom is 0.313 e. The highest BCUT2D eigenvalue weighted by Crippen LogP contribution is 2.42. The molecule has 0 aliphatic heterocycles. The zero-order chi connectivity index (χ0) is 14.9. The van der Waals surface area contributed by atoms with Gasteiger partial charge in [0.2, 0.25) is 5.75 Å². The van der Waals surface area contributed by atoms with Gasteiger partial charge in [-0.05, 0) is 12.1 Å². The standard InChI is InChI=1S/C12H5Cl4NO3/c13-6-2-1-3-10(17(18)19)12(6)20-11-5-8(15)7(14)4-9(11)16/h1-5H. The van der Waals surface area contributed by atoms with Crippen molar-refractivity contribution in [1.29, 1.82) is 0 Å². The molecule has 0 atom stereocenters. The Balaban J connectivity index is 2.50. The summed E-state index contributed by atoms with van der Waals surface area (Å²) in [5.74, 6) is 0.0109. The van der Waals surface area contributed by atoms with Crippen molar-refractivity contribution in [2.45, 2.75) is 0 Å². The molecule has 0 amide bonds. The van der Waals surface area contributed by atoms with Gasteiger partial charge in [-0.15, -0.1) is 0 Å². The molecule has 0 N–H and O–H groups in total. The molecule has 2 rings (SSSR count). The molecule has 0 aromatic heterocycles. The predicted molar refractivity (Wildman–Crippen MR) is 79.7 cm³/mol. The van der Waals surface area contributed by atoms with E-state index in [1.165, 1.54) is 30.3 Å². The van der Waals surface area contributed by atoms with Crippen molar-refractivity contribution >= 4 is 52.1 Å². The number of benzene rings is 2. The average molecular weight is 353 g/mol. The van der Waals surface area contributed by atoms with Gasteiger partial charge in [-0.3, -0.25) is 10.1 Å². The van der Waals surface area contributed by atoms with Gasteiger partial charge in [0.15, 0.2) is 0 Å². The fourth-order valence-corrected chi connectivity index (χ4v) is 2.22. The van der Waals surface area contributed by atoms with E-state index in [4.69, 9.17) is 51.1 Å². The zero-order valence-corrected chi connectivity index (χ0v) is 12.6. The van der Waals surface area contributed by atoms with Crippen molar-refractivity contribution in [2.24, 2.45) is 0 Å². The molecule has 0 aliphatic rings. The quantitative estimate of drug-likeness (QED) is 0.386. The van der Waals surface area contributed by atoms with E-state index in [9.17, 15) is 10.1 Å². The molecule has 0 heterocycles. The van der Waals surface area contributed by atoms with Crippen molar-refractivity contribution in [3.05, 3.63) is 60.5 Å². The Kier molecular flexibility index (Phi) is 4.60. The first kappa shape index (κ1) is 15.2. The van der Waals surface area contributed by atoms with E-state index in [2.05, 4.69) is 0 Å². The van der Waals surface area contributed by atoms with Gasteiger partial charge in [-0.25, -0.2) is 0 Å². The van der Waals surface area contributed by atoms with E-state index in [-0.39, 0.29) is 37.3 Å². The fourth-order valence-electron chi connectivity index (χ4n) is 1.43. The van der Waals surface area contributed by atoms with Gasteiger partial charge in [0, 0.05) is 12.1 Å². The van der Waals surface area contributed by atoms with Crippen LogP contribution >= 0.6 is 46.4 Å². The van der Waals surface area contributed by atoms with Gasteiger partial charge < -0.3 is 4.74 Å². The molecule has 0 saturated heterocycles. The zero-order valence-electron chi connectivity index (χ0n) is 9.57. The summed E-state index contributed by atoms with van der Waals surface area (Å²) in [4.78, 5) is 10.4. The summed E-state index contributed by atoms with van der Waals surface area (Å²) >= 11 is 23.5. The molecule has 0 fully saturated rings. The summed E-state index contributed by atoms with van der Waals surface area (Å²) < 4.78 is 5.42. The van der Waals surface area contributed by atoms with Crippen molar-refractivity contribution in [3.8, 4) is 11.5 Å². The molecule has 0 aliphatic carbocycles. The second-order valence-electron chi connectivity index (χ2n) is 3.64. The molecule has 4 nitrogen and oxygen atoms in total. The van der Waals surface area contributed by atoms with E-state index in [0.717, 1.165) is 0 Å². The average Bonchev–Trinajstić information content (AvgIpc) is 2.37. The van der Waals surface area contributed by atoms with Gasteiger partial charge in [-0.2, -0.15) is 0 Å². The number of hydrogen-bond acceptors (Lipinski definition) is 3. The van der Waals surface area contributed by atoms with Crippen LogP contribution in [0.3, 0.4) is 0 Å². The van der Waals surface area contributed by atoms with Crippen molar-refractivity contribution in [1.82, 2.24) is 0 Å². The van der Waals surface area contributed by atoms with Gasteiger partial charge in [0.05, 0.1) is 25.0 Å². The maximum absolute atomic E-state index is 11.0. The molecular formula is C12H5Cl4NO3. The van der Waals surface area contributed by atoms with E-state index < -0.39 is 4.92 Å². The summed E-state index contributed by atoms with van der Waals surface area (Å²) in [7, 11) is 0. The summed E-state index contributed by atoms with van der Waals surface area (Å²) in [6.45, 7) is 0. The minimum Gasteiger partial charge on any atom is -0.447 e. The molecule has 0 radical (unpaired) electrons. The third-order valence-corrected chi connectivity index (χ3v) is 3.64. The lowest BCUT2D eigenvalue weighted by molar-refractivity contribution is -0.385. The van der Waals surface area contributed by atoms with Crippen LogP contribution in [0.1, 0.15) is 0 Å². The number of nitro benzene ring substituents is 1. The van der Waals surface area contributed by atoms with Crippen LogP contribution < -0.4 is 4.74 Å². The molecule has 0 unspecified atom stereocenters. The van der Waals surface area contributed by atoms with E-state index >= 15 is 0 Å². The molecule has 0 bridgehead atoms. The van der Waals surface area contributed by atoms with E-state index in [1.807, 2.05) is 0 Å². The van der Waals surface area contributed by atoms with E-state index in [1.54, 1.807) is 0 Å². The normalized spacial score (nSPS) is 10.4. The molecule has 2 aromatic rings. The van der Waals surface area contributed by atoms with Gasteiger partial charge in [-0.1, -0.05) is 52.5 Å². The fraction of sp³-hybridized carbons (Fsp3) is 0. The largest absolute Gasteiger partial charge is 0.447 e. The van der Waals surface area contributed by atoms with Gasteiger partial charge in [0.1, 0.15) is 5.75 Å². The van der Waals surface area contributed by atoms with E-state index in [0.29, 0.717) is 0 Å². The molecule has 104 valence electrons. The van der Waals surface area contributed by atoms with Crippen LogP contribution in [0, 0.1) is 10.1 Å². The third kappa shape index (κ3) is 3.10. The highest BCUT2D eigenvalue weighted by atomic mass is 35.5. The van der Waals surface area contributed by atoms with Crippen molar-refractivity contribution < 1.29 is 9.66 Å². The highest BCUT2D eigenvalue weighted by Gasteiger charge is 2.20. The number of ether oxygens (including phenoxy) is 1. The van der Waals surface area contributed by atoms with Gasteiger partial charge >= 0.3 is 5.69 Å². The number of nitro groups is 1. The molecule has 20 heavy (non-hydrogen) atoms. The second kappa shape index (κ2) is 6.06. The third-order valence-electron chi connectivity index (χ3n) is 2.33. The summed E-state index contributed by atoms with van der Waals surface area (Å²) in [5.41, 5.74) is -0.278. The molecule has 8 heteroatoms. The minimum absolute atomic E-state index is 0.0846. The molecule has 2 aromatic carbocycles. The molecular weight excluding hydrogens is 348 g/mol. The molecule has 0 spiro atoms. The monoisotopic (exact) mass is 351 g/mol. The number of rotatable bonds is 3. The summed E-state index contributed by atoms with van der Waals surface area (Å²) in [6.07, 6.45) is 0. The van der Waals surface area contributed by atoms with Crippen LogP contribution in [0.5, 0.6) is 11.5 Å². The first-order chi connectivity index (χ1) is 9.40. The smallest absolute Gasteiger partial charge is 0.313 e. The van der Waals surface area contributed by atoms with Crippen LogP contribution in [0.25, 0.3) is 0 Å². The topological polar surface area (TPSA) is 52.4 Å². The Hall–Kier alpha value is -1.20. The Morgan fingerprint density at radius 2 is 1.60 bits per heavy atom. The van der Waals surface area contributed by atoms with Crippen molar-refractivity contribution in [2.75, 3.05) is 0 Å². The van der Waals surface area contributed by atoms with Crippen LogP contribution in [-0.2, 0) is 0 Å². The van der Waals surface area contributed by atoms with Crippen molar-refractivity contribution in [3.63, 3.8) is 0 Å². The highest BCUT2D eigenvalue weighted by molar-refractivity contribution is 6.43. The maximum atomic E-state index is 11.0. The lowest BCUT2D eigenvalue weighted by Gasteiger charge is -2.10. The van der Waals surface area contributed by atoms with Crippen LogP contribution in [-0.4, -0.2) is 4.92 Å². The number of halogens is 4. The number of hydrogen-bond donors (Lipinski definition) is 0. The number of nitrogens with zero attached hydrogens (tertiary/aromatic N) is 1. The Labute approximate surface area is 133 Å². The minimum atomic E-state index is -0.605. The Morgan fingerprint density at radius 1 is 0.950 bits per heavy atom. The first-order valence-corrected chi connectivity index (χ1v) is 6.66. The Morgan fingerprint density at radius 3 is 2.25 bits per heavy atom. The van der Waals surface area contributed by atoms with Crippen LogP contribution in [0.15, 0.2) is 30.3 Å². The predicted octanol–water partition coefficient (Wildman–Crippen LogP) is 6.00. The lowest BCUT2D eigenvalue weighted by atomic mass is 10.3. The summed E-state index contributed by atoms with van der Waals surface area (Å²) in [5, 5.41) is 11.7. The SMILES string of the molecule is O=[N+]([O-])c1cccc(Cl)c1Oc1cc(Cl)c(Cl)cc1Cl.